The number of benzene rings is 2. The van der Waals surface area contributed by atoms with Gasteiger partial charge in [-0.3, -0.25) is 4.79 Å². The van der Waals surface area contributed by atoms with E-state index < -0.39 is 0 Å². The number of nitrogens with one attached hydrogen (secondary N) is 2. The van der Waals surface area contributed by atoms with Crippen LogP contribution in [0.2, 0.25) is 5.02 Å². The lowest BCUT2D eigenvalue weighted by Crippen LogP contribution is -2.39. The van der Waals surface area contributed by atoms with Gasteiger partial charge in [0.05, 0.1) is 6.04 Å². The quantitative estimate of drug-likeness (QED) is 0.894. The molecule has 1 heterocycles. The Morgan fingerprint density at radius 1 is 1.21 bits per heavy atom. The summed E-state index contributed by atoms with van der Waals surface area (Å²) in [7, 11) is 0. The van der Waals surface area contributed by atoms with Crippen LogP contribution in [-0.2, 0) is 4.79 Å². The topological polar surface area (TPSA) is 61.4 Å². The third-order valence-electron chi connectivity index (χ3n) is 3.96. The van der Waals surface area contributed by atoms with Gasteiger partial charge < -0.3 is 15.5 Å². The van der Waals surface area contributed by atoms with Gasteiger partial charge in [-0.25, -0.2) is 4.79 Å². The fourth-order valence-electron chi connectivity index (χ4n) is 2.68. The summed E-state index contributed by atoms with van der Waals surface area (Å²) in [5.41, 5.74) is 2.41. The van der Waals surface area contributed by atoms with Crippen molar-refractivity contribution in [2.45, 2.75) is 19.4 Å². The highest BCUT2D eigenvalue weighted by Gasteiger charge is 2.31. The van der Waals surface area contributed by atoms with Crippen molar-refractivity contribution in [2.24, 2.45) is 0 Å². The number of anilines is 2. The highest BCUT2D eigenvalue weighted by atomic mass is 35.5. The van der Waals surface area contributed by atoms with Gasteiger partial charge in [-0.15, -0.1) is 0 Å². The summed E-state index contributed by atoms with van der Waals surface area (Å²) in [6, 6.07) is 14.2. The third-order valence-corrected chi connectivity index (χ3v) is 4.37. The van der Waals surface area contributed by atoms with Gasteiger partial charge in [0.2, 0.25) is 5.91 Å². The van der Waals surface area contributed by atoms with Crippen LogP contribution in [-0.4, -0.2) is 24.5 Å². The second kappa shape index (κ2) is 6.93. The molecule has 0 aliphatic carbocycles. The number of rotatable bonds is 3. The molecule has 1 unspecified atom stereocenters. The Morgan fingerprint density at radius 2 is 1.96 bits per heavy atom. The van der Waals surface area contributed by atoms with E-state index in [1.807, 2.05) is 43.3 Å². The van der Waals surface area contributed by atoms with E-state index in [1.165, 1.54) is 0 Å². The first-order valence-electron chi connectivity index (χ1n) is 7.72. The molecular formula is C18H18ClN3O2. The average Bonchev–Trinajstić information content (AvgIpc) is 2.92. The van der Waals surface area contributed by atoms with Crippen molar-refractivity contribution in [3.63, 3.8) is 0 Å². The third kappa shape index (κ3) is 3.68. The molecule has 0 bridgehead atoms. The number of carbonyl (C=O) groups is 2. The zero-order valence-corrected chi connectivity index (χ0v) is 14.0. The van der Waals surface area contributed by atoms with Crippen LogP contribution >= 0.6 is 11.6 Å². The molecule has 5 nitrogen and oxygen atoms in total. The molecule has 1 aliphatic rings. The first kappa shape index (κ1) is 16.3. The molecule has 2 aromatic carbocycles. The molecule has 2 aromatic rings. The first-order chi connectivity index (χ1) is 11.5. The number of carbonyl (C=O) groups excluding carboxylic acids is 2. The fraction of sp³-hybridized carbons (Fsp3) is 0.222. The van der Waals surface area contributed by atoms with Crippen molar-refractivity contribution in [1.29, 1.82) is 0 Å². The normalized spacial score (nSPS) is 17.0. The van der Waals surface area contributed by atoms with Crippen LogP contribution in [0.3, 0.4) is 0 Å². The van der Waals surface area contributed by atoms with Gasteiger partial charge in [0, 0.05) is 29.4 Å². The number of amides is 3. The highest BCUT2D eigenvalue weighted by molar-refractivity contribution is 6.31. The van der Waals surface area contributed by atoms with Gasteiger partial charge in [-0.1, -0.05) is 35.9 Å². The van der Waals surface area contributed by atoms with Crippen LogP contribution in [0.1, 0.15) is 12.0 Å². The maximum atomic E-state index is 12.1. The van der Waals surface area contributed by atoms with Gasteiger partial charge in [0.15, 0.2) is 0 Å². The summed E-state index contributed by atoms with van der Waals surface area (Å²) >= 11 is 6.05. The lowest BCUT2D eigenvalue weighted by atomic mass is 10.2. The molecule has 2 N–H and O–H groups in total. The van der Waals surface area contributed by atoms with Gasteiger partial charge in [-0.2, -0.15) is 0 Å². The molecule has 1 fully saturated rings. The van der Waals surface area contributed by atoms with Crippen LogP contribution in [0.15, 0.2) is 48.5 Å². The van der Waals surface area contributed by atoms with E-state index >= 15 is 0 Å². The zero-order chi connectivity index (χ0) is 17.1. The predicted octanol–water partition coefficient (Wildman–Crippen LogP) is 3.58. The summed E-state index contributed by atoms with van der Waals surface area (Å²) < 4.78 is 0. The summed E-state index contributed by atoms with van der Waals surface area (Å²) in [6.45, 7) is 2.36. The smallest absolute Gasteiger partial charge is 0.319 e. The number of aryl methyl sites for hydroxylation is 1. The van der Waals surface area contributed by atoms with E-state index in [-0.39, 0.29) is 24.4 Å². The van der Waals surface area contributed by atoms with Crippen LogP contribution in [0.4, 0.5) is 16.2 Å². The van der Waals surface area contributed by atoms with Gasteiger partial charge >= 0.3 is 6.03 Å². The maximum Gasteiger partial charge on any atom is 0.319 e. The lowest BCUT2D eigenvalue weighted by molar-refractivity contribution is -0.117. The Labute approximate surface area is 145 Å². The maximum absolute atomic E-state index is 12.1. The standard InChI is InChI=1S/C18H18ClN3O2/c1-12-7-8-13(9-16(12)19)20-18(24)21-14-10-17(23)22(11-14)15-5-3-2-4-6-15/h2-9,14H,10-11H2,1H3,(H2,20,21,24). The Kier molecular flexibility index (Phi) is 4.71. The van der Waals surface area contributed by atoms with E-state index in [2.05, 4.69) is 10.6 Å². The zero-order valence-electron chi connectivity index (χ0n) is 13.3. The fourth-order valence-corrected chi connectivity index (χ4v) is 2.87. The predicted molar refractivity (Wildman–Crippen MR) is 95.5 cm³/mol. The minimum atomic E-state index is -0.345. The van der Waals surface area contributed by atoms with Crippen molar-refractivity contribution in [3.05, 3.63) is 59.1 Å². The molecule has 124 valence electrons. The average molecular weight is 344 g/mol. The Hall–Kier alpha value is -2.53. The Balaban J connectivity index is 1.59. The van der Waals surface area contributed by atoms with E-state index in [9.17, 15) is 9.59 Å². The molecule has 3 amide bonds. The largest absolute Gasteiger partial charge is 0.333 e. The van der Waals surface area contributed by atoms with Crippen molar-refractivity contribution in [2.75, 3.05) is 16.8 Å². The van der Waals surface area contributed by atoms with Crippen molar-refractivity contribution in [3.8, 4) is 0 Å². The van der Waals surface area contributed by atoms with Crippen molar-refractivity contribution < 1.29 is 9.59 Å². The summed E-state index contributed by atoms with van der Waals surface area (Å²) in [4.78, 5) is 26.0. The monoisotopic (exact) mass is 343 g/mol. The van der Waals surface area contributed by atoms with Crippen molar-refractivity contribution in [1.82, 2.24) is 5.32 Å². The summed E-state index contributed by atoms with van der Waals surface area (Å²) in [5, 5.41) is 6.17. The van der Waals surface area contributed by atoms with E-state index in [1.54, 1.807) is 17.0 Å². The number of urea groups is 1. The molecular weight excluding hydrogens is 326 g/mol. The second-order valence-electron chi connectivity index (χ2n) is 5.80. The number of nitrogens with zero attached hydrogens (tertiary/aromatic N) is 1. The number of hydrogen-bond donors (Lipinski definition) is 2. The van der Waals surface area contributed by atoms with E-state index in [0.29, 0.717) is 17.3 Å². The molecule has 0 radical (unpaired) electrons. The van der Waals surface area contributed by atoms with Crippen LogP contribution in [0, 0.1) is 6.92 Å². The van der Waals surface area contributed by atoms with Crippen LogP contribution < -0.4 is 15.5 Å². The molecule has 1 atom stereocenters. The number of hydrogen-bond acceptors (Lipinski definition) is 2. The Bertz CT molecular complexity index is 764. The molecule has 0 aromatic heterocycles. The van der Waals surface area contributed by atoms with Gasteiger partial charge in [-0.05, 0) is 36.8 Å². The molecule has 1 aliphatic heterocycles. The SMILES string of the molecule is Cc1ccc(NC(=O)NC2CC(=O)N(c3ccccc3)C2)cc1Cl. The molecule has 1 saturated heterocycles. The molecule has 0 saturated carbocycles. The number of halogens is 1. The Morgan fingerprint density at radius 3 is 2.67 bits per heavy atom. The summed E-state index contributed by atoms with van der Waals surface area (Å²) in [6.07, 6.45) is 0.289. The molecule has 0 spiro atoms. The first-order valence-corrected chi connectivity index (χ1v) is 8.10. The highest BCUT2D eigenvalue weighted by Crippen LogP contribution is 2.22. The van der Waals surface area contributed by atoms with Gasteiger partial charge in [0.25, 0.3) is 0 Å². The van der Waals surface area contributed by atoms with Crippen LogP contribution in [0.25, 0.3) is 0 Å². The second-order valence-corrected chi connectivity index (χ2v) is 6.21. The van der Waals surface area contributed by atoms with E-state index in [4.69, 9.17) is 11.6 Å². The molecule has 3 rings (SSSR count). The number of para-hydroxylation sites is 1. The van der Waals surface area contributed by atoms with E-state index in [0.717, 1.165) is 11.3 Å². The van der Waals surface area contributed by atoms with Crippen LogP contribution in [0.5, 0.6) is 0 Å². The lowest BCUT2D eigenvalue weighted by Gasteiger charge is -2.17. The van der Waals surface area contributed by atoms with Crippen molar-refractivity contribution >= 4 is 34.9 Å². The van der Waals surface area contributed by atoms with Gasteiger partial charge in [0.1, 0.15) is 0 Å². The molecule has 24 heavy (non-hydrogen) atoms. The minimum absolute atomic E-state index is 0.00452. The summed E-state index contributed by atoms with van der Waals surface area (Å²) in [5.74, 6) is 0.00452. The minimum Gasteiger partial charge on any atom is -0.333 e. The molecule has 6 heteroatoms.